The van der Waals surface area contributed by atoms with Crippen LogP contribution in [0.2, 0.25) is 0 Å². The second-order valence-electron chi connectivity index (χ2n) is 2.59. The third kappa shape index (κ3) is 4.59. The zero-order valence-corrected chi connectivity index (χ0v) is 7.39. The van der Waals surface area contributed by atoms with Crippen LogP contribution in [0.3, 0.4) is 0 Å². The van der Waals surface area contributed by atoms with E-state index in [1.165, 1.54) is 0 Å². The first-order chi connectivity index (χ1) is 5.22. The van der Waals surface area contributed by atoms with Crippen molar-refractivity contribution >= 4 is 5.91 Å². The fourth-order valence-electron chi connectivity index (χ4n) is 0.900. The average molecular weight is 155 g/mol. The third-order valence-electron chi connectivity index (χ3n) is 1.65. The molecular formula is C9H17NO. The molecule has 11 heavy (non-hydrogen) atoms. The maximum Gasteiger partial charge on any atom is 0.244 e. The molecule has 0 spiro atoms. The van der Waals surface area contributed by atoms with Gasteiger partial charge in [0.15, 0.2) is 0 Å². The summed E-state index contributed by atoms with van der Waals surface area (Å²) >= 11 is 0. The van der Waals surface area contributed by atoms with Crippen molar-refractivity contribution in [1.29, 1.82) is 0 Å². The monoisotopic (exact) mass is 155 g/mol. The van der Waals surface area contributed by atoms with E-state index >= 15 is 0 Å². The third-order valence-corrected chi connectivity index (χ3v) is 1.65. The van der Waals surface area contributed by atoms with E-state index in [4.69, 9.17) is 5.73 Å². The van der Waals surface area contributed by atoms with E-state index in [1.54, 1.807) is 0 Å². The van der Waals surface area contributed by atoms with E-state index in [2.05, 4.69) is 6.92 Å². The highest BCUT2D eigenvalue weighted by Crippen LogP contribution is 2.03. The molecular weight excluding hydrogens is 138 g/mol. The highest BCUT2D eigenvalue weighted by atomic mass is 16.1. The molecule has 0 aromatic heterocycles. The second kappa shape index (κ2) is 5.96. The molecule has 0 aromatic carbocycles. The van der Waals surface area contributed by atoms with Gasteiger partial charge in [-0.2, -0.15) is 0 Å². The molecule has 0 unspecified atom stereocenters. The number of hydrogen-bond donors (Lipinski definition) is 1. The Bertz CT molecular complexity index is 150. The fraction of sp³-hybridized carbons (Fsp3) is 0.667. The van der Waals surface area contributed by atoms with Crippen LogP contribution in [0.15, 0.2) is 11.6 Å². The number of carbonyl (C=O) groups is 1. The van der Waals surface area contributed by atoms with Crippen LogP contribution in [0.5, 0.6) is 0 Å². The SMILES string of the molecule is CCCCC=C(CC)C(N)=O. The molecule has 0 rings (SSSR count). The quantitative estimate of drug-likeness (QED) is 0.479. The van der Waals surface area contributed by atoms with E-state index in [9.17, 15) is 4.79 Å². The largest absolute Gasteiger partial charge is 0.366 e. The molecule has 2 nitrogen and oxygen atoms in total. The summed E-state index contributed by atoms with van der Waals surface area (Å²) < 4.78 is 0. The zero-order chi connectivity index (χ0) is 8.69. The minimum Gasteiger partial charge on any atom is -0.366 e. The Labute approximate surface area is 68.5 Å². The zero-order valence-electron chi connectivity index (χ0n) is 7.39. The van der Waals surface area contributed by atoms with Gasteiger partial charge in [-0.15, -0.1) is 0 Å². The Morgan fingerprint density at radius 1 is 1.45 bits per heavy atom. The summed E-state index contributed by atoms with van der Waals surface area (Å²) in [4.78, 5) is 10.7. The van der Waals surface area contributed by atoms with Crippen LogP contribution in [-0.2, 0) is 4.79 Å². The van der Waals surface area contributed by atoms with Crippen molar-refractivity contribution in [3.63, 3.8) is 0 Å². The molecule has 2 N–H and O–H groups in total. The van der Waals surface area contributed by atoms with Crippen molar-refractivity contribution in [1.82, 2.24) is 0 Å². The number of allylic oxidation sites excluding steroid dienone is 1. The van der Waals surface area contributed by atoms with Crippen LogP contribution in [0.4, 0.5) is 0 Å². The molecule has 64 valence electrons. The van der Waals surface area contributed by atoms with Crippen LogP contribution in [-0.4, -0.2) is 5.91 Å². The van der Waals surface area contributed by atoms with E-state index < -0.39 is 0 Å². The smallest absolute Gasteiger partial charge is 0.244 e. The molecule has 0 saturated heterocycles. The van der Waals surface area contributed by atoms with Gasteiger partial charge in [-0.3, -0.25) is 4.79 Å². The van der Waals surface area contributed by atoms with Crippen LogP contribution in [0.25, 0.3) is 0 Å². The standard InChI is InChI=1S/C9H17NO/c1-3-5-6-7-8(4-2)9(10)11/h7H,3-6H2,1-2H3,(H2,10,11). The van der Waals surface area contributed by atoms with Crippen LogP contribution < -0.4 is 5.73 Å². The highest BCUT2D eigenvalue weighted by molar-refractivity contribution is 5.91. The van der Waals surface area contributed by atoms with Crippen LogP contribution in [0, 0.1) is 0 Å². The highest BCUT2D eigenvalue weighted by Gasteiger charge is 1.99. The van der Waals surface area contributed by atoms with Crippen LogP contribution in [0.1, 0.15) is 39.5 Å². The minimum atomic E-state index is -0.274. The van der Waals surface area contributed by atoms with E-state index in [0.29, 0.717) is 0 Å². The lowest BCUT2D eigenvalue weighted by atomic mass is 10.1. The summed E-state index contributed by atoms with van der Waals surface area (Å²) in [6.07, 6.45) is 5.97. The maximum atomic E-state index is 10.7. The van der Waals surface area contributed by atoms with E-state index in [1.807, 2.05) is 13.0 Å². The van der Waals surface area contributed by atoms with Gasteiger partial charge in [-0.1, -0.05) is 32.8 Å². The minimum absolute atomic E-state index is 0.274. The van der Waals surface area contributed by atoms with Gasteiger partial charge in [0.25, 0.3) is 0 Å². The fourth-order valence-corrected chi connectivity index (χ4v) is 0.900. The molecule has 0 aromatic rings. The summed E-state index contributed by atoms with van der Waals surface area (Å²) in [5.74, 6) is -0.274. The van der Waals surface area contributed by atoms with Gasteiger partial charge in [-0.25, -0.2) is 0 Å². The average Bonchev–Trinajstić information content (AvgIpc) is 1.97. The summed E-state index contributed by atoms with van der Waals surface area (Å²) in [7, 11) is 0. The number of carbonyl (C=O) groups excluding carboxylic acids is 1. The topological polar surface area (TPSA) is 43.1 Å². The maximum absolute atomic E-state index is 10.7. The predicted molar refractivity (Wildman–Crippen MR) is 47.1 cm³/mol. The molecule has 2 heteroatoms. The first kappa shape index (κ1) is 10.2. The molecule has 0 bridgehead atoms. The molecule has 1 amide bonds. The lowest BCUT2D eigenvalue weighted by molar-refractivity contribution is -0.114. The molecule has 0 aliphatic heterocycles. The van der Waals surface area contributed by atoms with Gasteiger partial charge in [0, 0.05) is 5.57 Å². The number of unbranched alkanes of at least 4 members (excludes halogenated alkanes) is 2. The van der Waals surface area contributed by atoms with Crippen molar-refractivity contribution in [3.8, 4) is 0 Å². The molecule has 0 saturated carbocycles. The van der Waals surface area contributed by atoms with Crippen molar-refractivity contribution in [2.24, 2.45) is 5.73 Å². The first-order valence-corrected chi connectivity index (χ1v) is 4.21. The number of nitrogens with two attached hydrogens (primary N) is 1. The molecule has 0 atom stereocenters. The molecule has 0 aliphatic rings. The summed E-state index contributed by atoms with van der Waals surface area (Å²) in [6.45, 7) is 4.08. The predicted octanol–water partition coefficient (Wildman–Crippen LogP) is 2.00. The molecule has 0 aliphatic carbocycles. The van der Waals surface area contributed by atoms with Gasteiger partial charge in [0.1, 0.15) is 0 Å². The van der Waals surface area contributed by atoms with E-state index in [0.717, 1.165) is 31.3 Å². The van der Waals surface area contributed by atoms with Gasteiger partial charge in [0.2, 0.25) is 5.91 Å². The molecule has 0 fully saturated rings. The second-order valence-corrected chi connectivity index (χ2v) is 2.59. The lowest BCUT2D eigenvalue weighted by Gasteiger charge is -1.97. The number of primary amides is 1. The van der Waals surface area contributed by atoms with E-state index in [-0.39, 0.29) is 5.91 Å². The Morgan fingerprint density at radius 2 is 2.09 bits per heavy atom. The van der Waals surface area contributed by atoms with Gasteiger partial charge in [0.05, 0.1) is 0 Å². The Balaban J connectivity index is 3.81. The van der Waals surface area contributed by atoms with Gasteiger partial charge < -0.3 is 5.73 Å². The van der Waals surface area contributed by atoms with Gasteiger partial charge >= 0.3 is 0 Å². The first-order valence-electron chi connectivity index (χ1n) is 4.21. The van der Waals surface area contributed by atoms with Crippen LogP contribution >= 0.6 is 0 Å². The van der Waals surface area contributed by atoms with Crippen molar-refractivity contribution < 1.29 is 4.79 Å². The summed E-state index contributed by atoms with van der Waals surface area (Å²) in [6, 6.07) is 0. The lowest BCUT2D eigenvalue weighted by Crippen LogP contribution is -2.13. The Morgan fingerprint density at radius 3 is 2.45 bits per heavy atom. The Kier molecular flexibility index (Phi) is 5.53. The Hall–Kier alpha value is -0.790. The number of amides is 1. The molecule has 0 radical (unpaired) electrons. The normalized spacial score (nSPS) is 11.6. The molecule has 0 heterocycles. The number of hydrogen-bond acceptors (Lipinski definition) is 1. The number of rotatable bonds is 5. The van der Waals surface area contributed by atoms with Crippen molar-refractivity contribution in [3.05, 3.63) is 11.6 Å². The summed E-state index contributed by atoms with van der Waals surface area (Å²) in [5, 5.41) is 0. The van der Waals surface area contributed by atoms with Crippen molar-refractivity contribution in [2.75, 3.05) is 0 Å². The van der Waals surface area contributed by atoms with Crippen molar-refractivity contribution in [2.45, 2.75) is 39.5 Å². The summed E-state index contributed by atoms with van der Waals surface area (Å²) in [5.41, 5.74) is 5.88. The van der Waals surface area contributed by atoms with Gasteiger partial charge in [-0.05, 0) is 12.8 Å².